The first-order valence-corrected chi connectivity index (χ1v) is 42.6. The number of hydrogen-bond acceptors (Lipinski definition) is 11. The van der Waals surface area contributed by atoms with E-state index in [1.165, 1.54) is 0 Å². The van der Waals surface area contributed by atoms with Crippen molar-refractivity contribution in [3.05, 3.63) is 537 Å². The Labute approximate surface area is 739 Å². The number of ether oxygens (including phenoxy) is 6. The van der Waals surface area contributed by atoms with E-state index in [1.54, 1.807) is 0 Å². The molecule has 0 amide bonds. The summed E-state index contributed by atoms with van der Waals surface area (Å²) in [5.74, 6) is 7.35. The molecule has 0 bridgehead atoms. The molecule has 6 aliphatic rings. The van der Waals surface area contributed by atoms with Gasteiger partial charge in [-0.2, -0.15) is 0 Å². The zero-order valence-corrected chi connectivity index (χ0v) is 69.2. The SMILES string of the molecule is CC(=O)O.OC1(c2ccc(-c3ccc(C4(C5(c6ccc(-c7ccc(C8(O)c9ccccc9Oc9ccccc98)cc7)cc6)c6ccccc6Oc6ccccc65)c5ccccc5Oc5ccccc54)cc3)cc2)c2ccccc2Oc2ccccc21.OC1(c2ccc(-c3ccc(C4(O)c5ccccc5Oc5ccccc54)cc3)cc2)c2ccccc2Oc2ccccc21. The van der Waals surface area contributed by atoms with Crippen LogP contribution in [0.4, 0.5) is 0 Å². The van der Waals surface area contributed by atoms with Gasteiger partial charge in [0.25, 0.3) is 5.97 Å². The number of carboxylic acid groups (broad SMARTS) is 1. The van der Waals surface area contributed by atoms with Gasteiger partial charge in [0, 0.05) is 73.7 Å². The first-order valence-electron chi connectivity index (χ1n) is 42.6. The van der Waals surface area contributed by atoms with Crippen LogP contribution >= 0.6 is 0 Å². The number of hydrogen-bond donors (Lipinski definition) is 5. The molecule has 0 radical (unpaired) electrons. The van der Waals surface area contributed by atoms with Crippen LogP contribution in [0.5, 0.6) is 69.0 Å². The van der Waals surface area contributed by atoms with E-state index in [1.807, 2.05) is 267 Å². The molecule has 616 valence electrons. The average molecular weight is 1670 g/mol. The highest BCUT2D eigenvalue weighted by Crippen LogP contribution is 2.69. The fourth-order valence-corrected chi connectivity index (χ4v) is 20.4. The Morgan fingerprint density at radius 1 is 0.172 bits per heavy atom. The fourth-order valence-electron chi connectivity index (χ4n) is 20.4. The number of aliphatic hydroxyl groups is 4. The molecule has 6 heterocycles. The van der Waals surface area contributed by atoms with Gasteiger partial charge >= 0.3 is 0 Å². The van der Waals surface area contributed by atoms with Crippen LogP contribution in [0.3, 0.4) is 0 Å². The average Bonchev–Trinajstić information content (AvgIpc) is 0.657. The molecule has 12 nitrogen and oxygen atoms in total. The lowest BCUT2D eigenvalue weighted by atomic mass is 9.46. The highest BCUT2D eigenvalue weighted by atomic mass is 16.5. The summed E-state index contributed by atoms with van der Waals surface area (Å²) < 4.78 is 38.8. The smallest absolute Gasteiger partial charge is 0.300 e. The molecule has 0 saturated carbocycles. The fraction of sp³-hybridized carbons (Fsp3) is 0.0603. The molecule has 0 spiro atoms. The minimum Gasteiger partial charge on any atom is -0.481 e. The van der Waals surface area contributed by atoms with Crippen LogP contribution in [0.25, 0.3) is 33.4 Å². The van der Waals surface area contributed by atoms with E-state index in [0.717, 1.165) is 119 Å². The normalized spacial score (nSPS) is 15.1. The molecule has 128 heavy (non-hydrogen) atoms. The predicted molar refractivity (Wildman–Crippen MR) is 495 cm³/mol. The van der Waals surface area contributed by atoms with Crippen LogP contribution in [0.2, 0.25) is 0 Å². The molecule has 12 heteroatoms. The Kier molecular flexibility index (Phi) is 18.8. The molecule has 5 N–H and O–H groups in total. The van der Waals surface area contributed by atoms with E-state index in [4.69, 9.17) is 38.3 Å². The van der Waals surface area contributed by atoms with Crippen LogP contribution in [0, 0.1) is 0 Å². The second kappa shape index (κ2) is 30.8. The summed E-state index contributed by atoms with van der Waals surface area (Å²) >= 11 is 0. The molecular weight excluding hydrogens is 1590 g/mol. The van der Waals surface area contributed by atoms with Gasteiger partial charge in [-0.05, 0) is 140 Å². The number of carboxylic acids is 1. The van der Waals surface area contributed by atoms with Crippen LogP contribution in [0.15, 0.2) is 437 Å². The van der Waals surface area contributed by atoms with Crippen molar-refractivity contribution in [2.75, 3.05) is 0 Å². The van der Waals surface area contributed by atoms with Crippen molar-refractivity contribution in [3.63, 3.8) is 0 Å². The maximum atomic E-state index is 12.8. The summed E-state index contributed by atoms with van der Waals surface area (Å²) in [5, 5.41) is 57.6. The van der Waals surface area contributed by atoms with Crippen molar-refractivity contribution in [2.45, 2.75) is 40.2 Å². The Bertz CT molecular complexity index is 6650. The first-order chi connectivity index (χ1) is 62.7. The minimum absolute atomic E-state index is 0.633. The van der Waals surface area contributed by atoms with Crippen molar-refractivity contribution in [2.24, 2.45) is 0 Å². The molecule has 0 atom stereocenters. The van der Waals surface area contributed by atoms with Crippen LogP contribution in [-0.4, -0.2) is 31.5 Å². The molecule has 6 aliphatic heterocycles. The lowest BCUT2D eigenvalue weighted by Crippen LogP contribution is -2.54. The molecule has 18 aromatic carbocycles. The number of rotatable bonds is 10. The second-order valence-electron chi connectivity index (χ2n) is 32.9. The highest BCUT2D eigenvalue weighted by Gasteiger charge is 2.64. The highest BCUT2D eigenvalue weighted by molar-refractivity contribution is 5.81. The summed E-state index contributed by atoms with van der Waals surface area (Å²) in [5.41, 5.74) is 13.3. The summed E-state index contributed by atoms with van der Waals surface area (Å²) in [6.45, 7) is 1.08. The standard InChI is InChI=1S/C76H50O6.C38H26O4.C2H4O2/c77-75(61-21-5-13-29-69(61)81-70-30-14-6-22-62(70)75)55-45-37-51(38-46-55)49-33-41-53(42-34-49)73(57-17-1-9-25-65(57)79-66-26-10-2-18-58(66)73)74(59-19-3-11-27-67(59)80-68-28-12-4-20-60(68)74)54-43-35-50(36-44-54)52-39-47-56(48-40-52)76(78)63-23-7-15-31-71(63)82-72-32-16-8-24-64(72)76;39-37(29-9-1-5-13-33(29)41-34-14-6-2-10-30(34)37)27-21-17-25(18-22-27)26-19-23-28(24-20-26)38(40)31-11-3-7-15-35(31)42-36-16-8-4-12-32(36)38;1-2(3)4/h1-48,77-78H;1-24,39-40H;1H3,(H,3,4). The zero-order chi connectivity index (χ0) is 86.5. The maximum absolute atomic E-state index is 12.8. The van der Waals surface area contributed by atoms with Crippen LogP contribution in [-0.2, 0) is 38.0 Å². The van der Waals surface area contributed by atoms with Crippen molar-refractivity contribution < 1.29 is 58.7 Å². The second-order valence-corrected chi connectivity index (χ2v) is 32.9. The zero-order valence-electron chi connectivity index (χ0n) is 69.2. The van der Waals surface area contributed by atoms with Gasteiger partial charge in [-0.3, -0.25) is 4.79 Å². The topological polar surface area (TPSA) is 174 Å². The molecule has 0 aliphatic carbocycles. The third kappa shape index (κ3) is 12.1. The van der Waals surface area contributed by atoms with Gasteiger partial charge in [-0.25, -0.2) is 0 Å². The van der Waals surface area contributed by atoms with Crippen molar-refractivity contribution in [1.29, 1.82) is 0 Å². The van der Waals surface area contributed by atoms with Gasteiger partial charge in [-0.15, -0.1) is 0 Å². The largest absolute Gasteiger partial charge is 0.481 e. The minimum atomic E-state index is -1.42. The van der Waals surface area contributed by atoms with Gasteiger partial charge in [-0.1, -0.05) is 364 Å². The summed E-state index contributed by atoms with van der Waals surface area (Å²) in [6, 6.07) is 146. The molecule has 0 saturated heterocycles. The van der Waals surface area contributed by atoms with Crippen molar-refractivity contribution in [3.8, 4) is 102 Å². The molecule has 24 rings (SSSR count). The van der Waals surface area contributed by atoms with E-state index < -0.39 is 39.2 Å². The summed E-state index contributed by atoms with van der Waals surface area (Å²) in [6.07, 6.45) is 0. The predicted octanol–water partition coefficient (Wildman–Crippen LogP) is 25.6. The Hall–Kier alpha value is -15.9. The number of fused-ring (bicyclic) bond motifs is 12. The molecule has 0 aromatic heterocycles. The lowest BCUT2D eigenvalue weighted by molar-refractivity contribution is -0.134. The van der Waals surface area contributed by atoms with E-state index in [2.05, 4.69) is 170 Å². The Morgan fingerprint density at radius 2 is 0.281 bits per heavy atom. The number of para-hydroxylation sites is 12. The lowest BCUT2D eigenvalue weighted by Gasteiger charge is -2.56. The molecule has 0 unspecified atom stereocenters. The summed E-state index contributed by atoms with van der Waals surface area (Å²) in [4.78, 5) is 9.00. The van der Waals surface area contributed by atoms with E-state index in [-0.39, 0.29) is 0 Å². The van der Waals surface area contributed by atoms with Gasteiger partial charge < -0.3 is 54.0 Å². The van der Waals surface area contributed by atoms with Crippen molar-refractivity contribution in [1.82, 2.24) is 0 Å². The van der Waals surface area contributed by atoms with Crippen molar-refractivity contribution >= 4 is 5.97 Å². The first kappa shape index (κ1) is 78.1. The third-order valence-corrected chi connectivity index (χ3v) is 26.1. The molecule has 18 aromatic rings. The quantitative estimate of drug-likeness (QED) is 0.0878. The van der Waals surface area contributed by atoms with Crippen LogP contribution in [0.1, 0.15) is 107 Å². The van der Waals surface area contributed by atoms with Gasteiger partial charge in [0.05, 0.1) is 10.8 Å². The number of aliphatic carboxylic acids is 1. The maximum Gasteiger partial charge on any atom is 0.300 e. The van der Waals surface area contributed by atoms with E-state index >= 15 is 0 Å². The van der Waals surface area contributed by atoms with Gasteiger partial charge in [0.2, 0.25) is 0 Å². The Morgan fingerprint density at radius 3 is 0.422 bits per heavy atom. The van der Waals surface area contributed by atoms with Gasteiger partial charge in [0.15, 0.2) is 0 Å². The monoisotopic (exact) mass is 1660 g/mol. The third-order valence-electron chi connectivity index (χ3n) is 26.1. The molecule has 0 fully saturated rings. The molecular formula is C116H80O12. The van der Waals surface area contributed by atoms with E-state index in [9.17, 15) is 20.4 Å². The number of carbonyl (C=O) groups is 1. The van der Waals surface area contributed by atoms with Crippen LogP contribution < -0.4 is 28.4 Å². The van der Waals surface area contributed by atoms with E-state index in [0.29, 0.717) is 90.5 Å². The Balaban J connectivity index is 0.000000175. The number of benzene rings is 18. The summed E-state index contributed by atoms with van der Waals surface area (Å²) in [7, 11) is 0. The van der Waals surface area contributed by atoms with Gasteiger partial charge in [0.1, 0.15) is 91.4 Å².